The van der Waals surface area contributed by atoms with Crippen LogP contribution in [0.3, 0.4) is 0 Å². The summed E-state index contributed by atoms with van der Waals surface area (Å²) < 4.78 is 5.15. The standard InChI is InChI=1S/C14H26N4O/c1-6-8-12-17-13(15-7-2)11(4)14(18-12)16-10(3)9-19-5/h10H,6-9H2,1-5H3,(H2,15,16,17,18). The molecule has 19 heavy (non-hydrogen) atoms. The third-order valence-corrected chi connectivity index (χ3v) is 2.81. The average molecular weight is 266 g/mol. The molecule has 1 heterocycles. The first-order valence-corrected chi connectivity index (χ1v) is 6.99. The van der Waals surface area contributed by atoms with Gasteiger partial charge < -0.3 is 15.4 Å². The largest absolute Gasteiger partial charge is 0.383 e. The highest BCUT2D eigenvalue weighted by molar-refractivity contribution is 5.57. The SMILES string of the molecule is CCCc1nc(NCC)c(C)c(NC(C)COC)n1. The summed E-state index contributed by atoms with van der Waals surface area (Å²) in [7, 11) is 1.71. The fourth-order valence-electron chi connectivity index (χ4n) is 1.90. The Kier molecular flexibility index (Phi) is 6.56. The molecule has 0 saturated carbocycles. The van der Waals surface area contributed by atoms with Gasteiger partial charge in [-0.05, 0) is 27.2 Å². The number of methoxy groups -OCH3 is 1. The Morgan fingerprint density at radius 2 is 1.89 bits per heavy atom. The van der Waals surface area contributed by atoms with Crippen LogP contribution in [0.1, 0.15) is 38.6 Å². The number of nitrogens with zero attached hydrogens (tertiary/aromatic N) is 2. The number of ether oxygens (including phenoxy) is 1. The fourth-order valence-corrected chi connectivity index (χ4v) is 1.90. The van der Waals surface area contributed by atoms with E-state index in [0.717, 1.165) is 42.4 Å². The lowest BCUT2D eigenvalue weighted by Crippen LogP contribution is -2.23. The maximum absolute atomic E-state index is 5.15. The van der Waals surface area contributed by atoms with Crippen LogP contribution in [0.2, 0.25) is 0 Å². The summed E-state index contributed by atoms with van der Waals surface area (Å²) in [6.45, 7) is 9.84. The number of nitrogens with one attached hydrogen (secondary N) is 2. The summed E-state index contributed by atoms with van der Waals surface area (Å²) in [4.78, 5) is 9.18. The highest BCUT2D eigenvalue weighted by Gasteiger charge is 2.12. The van der Waals surface area contributed by atoms with Crippen LogP contribution < -0.4 is 10.6 Å². The van der Waals surface area contributed by atoms with Crippen molar-refractivity contribution in [1.82, 2.24) is 9.97 Å². The Balaban J connectivity index is 2.99. The number of rotatable bonds is 8. The van der Waals surface area contributed by atoms with Gasteiger partial charge in [-0.2, -0.15) is 0 Å². The Labute approximate surface area is 116 Å². The van der Waals surface area contributed by atoms with Crippen LogP contribution in [-0.2, 0) is 11.2 Å². The van der Waals surface area contributed by atoms with Crippen molar-refractivity contribution in [2.75, 3.05) is 30.9 Å². The Morgan fingerprint density at radius 3 is 2.47 bits per heavy atom. The van der Waals surface area contributed by atoms with Crippen LogP contribution in [0.4, 0.5) is 11.6 Å². The molecular weight excluding hydrogens is 240 g/mol. The van der Waals surface area contributed by atoms with E-state index in [-0.39, 0.29) is 6.04 Å². The van der Waals surface area contributed by atoms with E-state index in [9.17, 15) is 0 Å². The molecule has 0 aliphatic heterocycles. The van der Waals surface area contributed by atoms with E-state index >= 15 is 0 Å². The van der Waals surface area contributed by atoms with Crippen LogP contribution in [0.15, 0.2) is 0 Å². The first-order chi connectivity index (χ1) is 9.12. The van der Waals surface area contributed by atoms with Gasteiger partial charge in [-0.1, -0.05) is 6.92 Å². The molecule has 108 valence electrons. The lowest BCUT2D eigenvalue weighted by atomic mass is 10.2. The zero-order valence-electron chi connectivity index (χ0n) is 12.7. The summed E-state index contributed by atoms with van der Waals surface area (Å²) >= 11 is 0. The third kappa shape index (κ3) is 4.67. The minimum atomic E-state index is 0.225. The fraction of sp³-hybridized carbons (Fsp3) is 0.714. The van der Waals surface area contributed by atoms with Crippen molar-refractivity contribution in [3.63, 3.8) is 0 Å². The van der Waals surface area contributed by atoms with Crippen LogP contribution in [0.25, 0.3) is 0 Å². The smallest absolute Gasteiger partial charge is 0.135 e. The molecule has 5 nitrogen and oxygen atoms in total. The molecule has 0 aliphatic carbocycles. The van der Waals surface area contributed by atoms with Gasteiger partial charge in [-0.15, -0.1) is 0 Å². The number of hydrogen-bond acceptors (Lipinski definition) is 5. The molecule has 1 unspecified atom stereocenters. The molecule has 1 atom stereocenters. The Morgan fingerprint density at radius 1 is 1.21 bits per heavy atom. The van der Waals surface area contributed by atoms with Gasteiger partial charge in [0, 0.05) is 31.7 Å². The Hall–Kier alpha value is -1.36. The van der Waals surface area contributed by atoms with Crippen molar-refractivity contribution in [3.05, 3.63) is 11.4 Å². The molecule has 0 fully saturated rings. The van der Waals surface area contributed by atoms with Crippen LogP contribution in [-0.4, -0.2) is 36.3 Å². The topological polar surface area (TPSA) is 59.1 Å². The third-order valence-electron chi connectivity index (χ3n) is 2.81. The second-order valence-electron chi connectivity index (χ2n) is 4.74. The summed E-state index contributed by atoms with van der Waals surface area (Å²) in [6, 6.07) is 0.225. The zero-order valence-corrected chi connectivity index (χ0v) is 12.7. The predicted octanol–water partition coefficient (Wildman–Crippen LogP) is 2.62. The number of aromatic nitrogens is 2. The quantitative estimate of drug-likeness (QED) is 0.757. The van der Waals surface area contributed by atoms with Crippen LogP contribution in [0.5, 0.6) is 0 Å². The lowest BCUT2D eigenvalue weighted by molar-refractivity contribution is 0.190. The highest BCUT2D eigenvalue weighted by atomic mass is 16.5. The molecule has 0 spiro atoms. The highest BCUT2D eigenvalue weighted by Crippen LogP contribution is 2.21. The summed E-state index contributed by atoms with van der Waals surface area (Å²) in [5, 5.41) is 6.69. The molecular formula is C14H26N4O. The van der Waals surface area contributed by atoms with E-state index in [1.54, 1.807) is 7.11 Å². The molecule has 5 heteroatoms. The average Bonchev–Trinajstić information content (AvgIpc) is 2.36. The molecule has 0 bridgehead atoms. The first-order valence-electron chi connectivity index (χ1n) is 6.99. The van der Waals surface area contributed by atoms with Gasteiger partial charge in [-0.3, -0.25) is 0 Å². The predicted molar refractivity (Wildman–Crippen MR) is 79.9 cm³/mol. The molecule has 0 aliphatic rings. The Bertz CT molecular complexity index is 395. The maximum Gasteiger partial charge on any atom is 0.135 e. The molecule has 0 amide bonds. The minimum absolute atomic E-state index is 0.225. The number of aryl methyl sites for hydroxylation is 1. The maximum atomic E-state index is 5.15. The van der Waals surface area contributed by atoms with Crippen molar-refractivity contribution in [2.24, 2.45) is 0 Å². The van der Waals surface area contributed by atoms with Gasteiger partial charge >= 0.3 is 0 Å². The monoisotopic (exact) mass is 266 g/mol. The van der Waals surface area contributed by atoms with Crippen molar-refractivity contribution < 1.29 is 4.74 Å². The van der Waals surface area contributed by atoms with Gasteiger partial charge in [0.15, 0.2) is 0 Å². The van der Waals surface area contributed by atoms with Gasteiger partial charge in [0.2, 0.25) is 0 Å². The number of hydrogen-bond donors (Lipinski definition) is 2. The van der Waals surface area contributed by atoms with E-state index in [1.807, 2.05) is 6.92 Å². The second kappa shape index (κ2) is 7.94. The summed E-state index contributed by atoms with van der Waals surface area (Å²) in [5.74, 6) is 2.71. The molecule has 1 aromatic rings. The molecule has 0 radical (unpaired) electrons. The van der Waals surface area contributed by atoms with Gasteiger partial charge in [-0.25, -0.2) is 9.97 Å². The van der Waals surface area contributed by atoms with Crippen molar-refractivity contribution in [2.45, 2.75) is 46.6 Å². The minimum Gasteiger partial charge on any atom is -0.383 e. The van der Waals surface area contributed by atoms with Crippen LogP contribution >= 0.6 is 0 Å². The zero-order chi connectivity index (χ0) is 14.3. The van der Waals surface area contributed by atoms with E-state index in [4.69, 9.17) is 4.74 Å². The van der Waals surface area contributed by atoms with Crippen molar-refractivity contribution in [1.29, 1.82) is 0 Å². The molecule has 1 aromatic heterocycles. The van der Waals surface area contributed by atoms with Crippen molar-refractivity contribution in [3.8, 4) is 0 Å². The molecule has 0 saturated heterocycles. The van der Waals surface area contributed by atoms with Gasteiger partial charge in [0.25, 0.3) is 0 Å². The first kappa shape index (κ1) is 15.7. The summed E-state index contributed by atoms with van der Waals surface area (Å²) in [6.07, 6.45) is 1.94. The van der Waals surface area contributed by atoms with Gasteiger partial charge in [0.1, 0.15) is 17.5 Å². The molecule has 1 rings (SSSR count). The number of anilines is 2. The molecule has 2 N–H and O–H groups in total. The second-order valence-corrected chi connectivity index (χ2v) is 4.74. The van der Waals surface area contributed by atoms with Gasteiger partial charge in [0.05, 0.1) is 6.61 Å². The van der Waals surface area contributed by atoms with E-state index in [1.165, 1.54) is 0 Å². The van der Waals surface area contributed by atoms with E-state index < -0.39 is 0 Å². The lowest BCUT2D eigenvalue weighted by Gasteiger charge is -2.18. The summed E-state index contributed by atoms with van der Waals surface area (Å²) in [5.41, 5.74) is 1.06. The van der Waals surface area contributed by atoms with Crippen LogP contribution in [0, 0.1) is 6.92 Å². The van der Waals surface area contributed by atoms with Crippen molar-refractivity contribution >= 4 is 11.6 Å². The van der Waals surface area contributed by atoms with E-state index in [2.05, 4.69) is 41.4 Å². The van der Waals surface area contributed by atoms with E-state index in [0.29, 0.717) is 6.61 Å². The molecule has 0 aromatic carbocycles. The normalized spacial score (nSPS) is 12.3.